The zero-order chi connectivity index (χ0) is 27.0. The van der Waals surface area contributed by atoms with Gasteiger partial charge in [-0.05, 0) is 62.2 Å². The van der Waals surface area contributed by atoms with Gasteiger partial charge in [0.25, 0.3) is 10.0 Å². The van der Waals surface area contributed by atoms with Gasteiger partial charge in [0.05, 0.1) is 10.6 Å². The first-order valence-electron chi connectivity index (χ1n) is 12.1. The first kappa shape index (κ1) is 28.4. The number of carbonyl (C=O) groups is 2. The van der Waals surface area contributed by atoms with Crippen molar-refractivity contribution in [1.82, 2.24) is 10.2 Å². The predicted molar refractivity (Wildman–Crippen MR) is 149 cm³/mol. The van der Waals surface area contributed by atoms with Crippen LogP contribution in [0.4, 0.5) is 5.69 Å². The largest absolute Gasteiger partial charge is 0.352 e. The summed E-state index contributed by atoms with van der Waals surface area (Å²) in [5, 5.41) is 2.93. The maximum Gasteiger partial charge on any atom is 0.264 e. The Hall–Kier alpha value is -3.17. The van der Waals surface area contributed by atoms with Crippen molar-refractivity contribution in [2.24, 2.45) is 0 Å². The van der Waals surface area contributed by atoms with Crippen molar-refractivity contribution in [2.45, 2.75) is 50.7 Å². The van der Waals surface area contributed by atoms with Crippen LogP contribution in [-0.4, -0.2) is 43.8 Å². The molecule has 3 aromatic carbocycles. The molecule has 0 unspecified atom stereocenters. The van der Waals surface area contributed by atoms with Crippen LogP contribution in [0.3, 0.4) is 0 Å². The Balaban J connectivity index is 1.98. The average Bonchev–Trinajstić information content (AvgIpc) is 2.91. The van der Waals surface area contributed by atoms with Crippen molar-refractivity contribution in [1.29, 1.82) is 0 Å². The monoisotopic (exact) mass is 585 g/mol. The molecule has 3 rings (SSSR count). The zero-order valence-corrected chi connectivity index (χ0v) is 23.6. The fourth-order valence-electron chi connectivity index (χ4n) is 3.68. The molecule has 0 saturated heterocycles. The lowest BCUT2D eigenvalue weighted by molar-refractivity contribution is -0.139. The van der Waals surface area contributed by atoms with E-state index in [4.69, 9.17) is 0 Å². The van der Waals surface area contributed by atoms with Crippen molar-refractivity contribution in [2.75, 3.05) is 10.8 Å². The summed E-state index contributed by atoms with van der Waals surface area (Å²) in [6.07, 6.45) is 0.746. The van der Waals surface area contributed by atoms with Crippen LogP contribution < -0.4 is 9.62 Å². The molecule has 2 amide bonds. The molecule has 0 heterocycles. The van der Waals surface area contributed by atoms with Gasteiger partial charge in [0.1, 0.15) is 12.6 Å². The fraction of sp³-hybridized carbons (Fsp3) is 0.286. The Kier molecular flexibility index (Phi) is 9.88. The molecule has 0 aromatic heterocycles. The third-order valence-corrected chi connectivity index (χ3v) is 8.41. The standard InChI is InChI=1S/C28H32BrN3O4S/c1-4-21(2)30-28(34)22(3)31(19-23-15-17-24(29)18-16-23)27(33)20-32(25-11-7-5-8-12-25)37(35,36)26-13-9-6-10-14-26/h5-18,21-22H,4,19-20H2,1-3H3,(H,30,34)/t21-,22-/m0/s1. The van der Waals surface area contributed by atoms with E-state index in [0.717, 1.165) is 20.8 Å². The van der Waals surface area contributed by atoms with Crippen molar-refractivity contribution < 1.29 is 18.0 Å². The molecule has 0 radical (unpaired) electrons. The molecule has 0 fully saturated rings. The Labute approximate surface area is 227 Å². The Bertz CT molecular complexity index is 1290. The highest BCUT2D eigenvalue weighted by Crippen LogP contribution is 2.24. The first-order valence-corrected chi connectivity index (χ1v) is 14.3. The summed E-state index contributed by atoms with van der Waals surface area (Å²) >= 11 is 3.41. The van der Waals surface area contributed by atoms with Crippen LogP contribution in [-0.2, 0) is 26.2 Å². The summed E-state index contributed by atoms with van der Waals surface area (Å²) in [6.45, 7) is 5.21. The van der Waals surface area contributed by atoms with E-state index in [1.807, 2.05) is 38.1 Å². The van der Waals surface area contributed by atoms with Gasteiger partial charge in [0.2, 0.25) is 11.8 Å². The van der Waals surface area contributed by atoms with E-state index in [-0.39, 0.29) is 23.4 Å². The van der Waals surface area contributed by atoms with Crippen LogP contribution in [0.2, 0.25) is 0 Å². The van der Waals surface area contributed by atoms with E-state index in [2.05, 4.69) is 21.2 Å². The third kappa shape index (κ3) is 7.42. The Morgan fingerprint density at radius 2 is 1.46 bits per heavy atom. The number of rotatable bonds is 11. The van der Waals surface area contributed by atoms with Gasteiger partial charge in [0, 0.05) is 17.1 Å². The lowest BCUT2D eigenvalue weighted by Crippen LogP contribution is -2.52. The van der Waals surface area contributed by atoms with E-state index >= 15 is 0 Å². The fourth-order valence-corrected chi connectivity index (χ4v) is 5.38. The number of hydrogen-bond acceptors (Lipinski definition) is 4. The number of nitrogens with one attached hydrogen (secondary N) is 1. The minimum Gasteiger partial charge on any atom is -0.352 e. The lowest BCUT2D eigenvalue weighted by atomic mass is 10.1. The number of halogens is 1. The van der Waals surface area contributed by atoms with Crippen molar-refractivity contribution in [3.63, 3.8) is 0 Å². The summed E-state index contributed by atoms with van der Waals surface area (Å²) in [6, 6.07) is 23.1. The maximum atomic E-state index is 13.8. The number of amides is 2. The molecule has 0 bridgehead atoms. The van der Waals surface area contributed by atoms with Crippen LogP contribution in [0.5, 0.6) is 0 Å². The van der Waals surface area contributed by atoms with Gasteiger partial charge in [-0.25, -0.2) is 8.42 Å². The number of carbonyl (C=O) groups excluding carboxylic acids is 2. The van der Waals surface area contributed by atoms with Crippen molar-refractivity contribution >= 4 is 43.5 Å². The second-order valence-electron chi connectivity index (χ2n) is 8.80. The molecule has 37 heavy (non-hydrogen) atoms. The molecule has 0 aliphatic rings. The summed E-state index contributed by atoms with van der Waals surface area (Å²) in [5.41, 5.74) is 1.18. The lowest BCUT2D eigenvalue weighted by Gasteiger charge is -2.32. The quantitative estimate of drug-likeness (QED) is 0.344. The number of hydrogen-bond donors (Lipinski definition) is 1. The van der Waals surface area contributed by atoms with Gasteiger partial charge < -0.3 is 10.2 Å². The van der Waals surface area contributed by atoms with Crippen LogP contribution in [0, 0.1) is 0 Å². The molecule has 2 atom stereocenters. The van der Waals surface area contributed by atoms with Gasteiger partial charge in [-0.1, -0.05) is 71.4 Å². The Morgan fingerprint density at radius 3 is 2.03 bits per heavy atom. The predicted octanol–water partition coefficient (Wildman–Crippen LogP) is 4.98. The minimum absolute atomic E-state index is 0.0566. The smallest absolute Gasteiger partial charge is 0.264 e. The average molecular weight is 587 g/mol. The molecule has 0 saturated carbocycles. The number of para-hydroxylation sites is 1. The SMILES string of the molecule is CC[C@H](C)NC(=O)[C@H](C)N(Cc1ccc(Br)cc1)C(=O)CN(c1ccccc1)S(=O)(=O)c1ccccc1. The number of sulfonamides is 1. The molecule has 9 heteroatoms. The van der Waals surface area contributed by atoms with Crippen molar-refractivity contribution in [3.05, 3.63) is 95.0 Å². The second kappa shape index (κ2) is 12.9. The first-order chi connectivity index (χ1) is 17.6. The van der Waals surface area contributed by atoms with Gasteiger partial charge >= 0.3 is 0 Å². The summed E-state index contributed by atoms with van der Waals surface area (Å²) in [7, 11) is -4.05. The summed E-state index contributed by atoms with van der Waals surface area (Å²) in [5.74, 6) is -0.782. The molecule has 0 spiro atoms. The molecule has 3 aromatic rings. The molecule has 0 aliphatic heterocycles. The maximum absolute atomic E-state index is 13.8. The van der Waals surface area contributed by atoms with E-state index in [1.54, 1.807) is 55.5 Å². The third-order valence-electron chi connectivity index (χ3n) is 6.09. The summed E-state index contributed by atoms with van der Waals surface area (Å²) in [4.78, 5) is 28.3. The van der Waals surface area contributed by atoms with Gasteiger partial charge in [-0.3, -0.25) is 13.9 Å². The molecule has 196 valence electrons. The number of benzene rings is 3. The van der Waals surface area contributed by atoms with Crippen molar-refractivity contribution in [3.8, 4) is 0 Å². The van der Waals surface area contributed by atoms with Gasteiger partial charge in [-0.2, -0.15) is 0 Å². The summed E-state index contributed by atoms with van der Waals surface area (Å²) < 4.78 is 29.3. The molecular formula is C28H32BrN3O4S. The Morgan fingerprint density at radius 1 is 0.892 bits per heavy atom. The topological polar surface area (TPSA) is 86.8 Å². The normalized spacial score (nSPS) is 12.9. The highest BCUT2D eigenvalue weighted by Gasteiger charge is 2.32. The molecule has 7 nitrogen and oxygen atoms in total. The second-order valence-corrected chi connectivity index (χ2v) is 11.6. The number of anilines is 1. The van der Waals surface area contributed by atoms with Crippen LogP contribution in [0.15, 0.2) is 94.3 Å². The van der Waals surface area contributed by atoms with E-state index in [1.165, 1.54) is 17.0 Å². The molecule has 0 aliphatic carbocycles. The molecular weight excluding hydrogens is 554 g/mol. The van der Waals surface area contributed by atoms with Crippen LogP contribution in [0.25, 0.3) is 0 Å². The number of nitrogens with zero attached hydrogens (tertiary/aromatic N) is 2. The van der Waals surface area contributed by atoms with Gasteiger partial charge in [-0.15, -0.1) is 0 Å². The van der Waals surface area contributed by atoms with E-state index < -0.39 is 28.5 Å². The highest BCUT2D eigenvalue weighted by molar-refractivity contribution is 9.10. The van der Waals surface area contributed by atoms with E-state index in [9.17, 15) is 18.0 Å². The highest BCUT2D eigenvalue weighted by atomic mass is 79.9. The van der Waals surface area contributed by atoms with E-state index in [0.29, 0.717) is 5.69 Å². The van der Waals surface area contributed by atoms with Crippen LogP contribution in [0.1, 0.15) is 32.8 Å². The minimum atomic E-state index is -4.05. The molecule has 1 N–H and O–H groups in total. The van der Waals surface area contributed by atoms with Gasteiger partial charge in [0.15, 0.2) is 0 Å². The zero-order valence-electron chi connectivity index (χ0n) is 21.2. The van der Waals surface area contributed by atoms with Crippen LogP contribution >= 0.6 is 15.9 Å².